The van der Waals surface area contributed by atoms with Crippen molar-refractivity contribution in [3.05, 3.63) is 53.6 Å². The zero-order chi connectivity index (χ0) is 13.3. The van der Waals surface area contributed by atoms with Crippen molar-refractivity contribution in [1.29, 1.82) is 0 Å². The predicted molar refractivity (Wildman–Crippen MR) is 85.6 cm³/mol. The first-order valence-corrected chi connectivity index (χ1v) is 7.07. The Bertz CT molecular complexity index is 1000. The molecule has 20 heavy (non-hydrogen) atoms. The Hall–Kier alpha value is -2.48. The minimum atomic E-state index is 1.12. The number of aryl methyl sites for hydroxylation is 1. The quantitative estimate of drug-likeness (QED) is 0.374. The molecule has 3 aromatic carbocycles. The van der Waals surface area contributed by atoms with E-state index in [-0.39, 0.29) is 0 Å². The fourth-order valence-corrected chi connectivity index (χ4v) is 3.73. The lowest BCUT2D eigenvalue weighted by atomic mass is 9.90. The predicted octanol–water partition coefficient (Wildman–Crippen LogP) is 4.06. The van der Waals surface area contributed by atoms with Crippen LogP contribution in [0.15, 0.2) is 42.5 Å². The highest BCUT2D eigenvalue weighted by Gasteiger charge is 2.18. The van der Waals surface area contributed by atoms with Crippen LogP contribution in [0, 0.1) is 0 Å². The summed E-state index contributed by atoms with van der Waals surface area (Å²) in [6.45, 7) is 0. The van der Waals surface area contributed by atoms with Crippen LogP contribution in [-0.4, -0.2) is 4.68 Å². The zero-order valence-electron chi connectivity index (χ0n) is 11.1. The normalized spacial score (nSPS) is 14.6. The van der Waals surface area contributed by atoms with Crippen molar-refractivity contribution in [2.24, 2.45) is 0 Å². The van der Waals surface area contributed by atoms with Crippen LogP contribution in [0.4, 0.5) is 0 Å². The van der Waals surface area contributed by atoms with Gasteiger partial charge < -0.3 is 5.84 Å². The molecule has 96 valence electrons. The number of nitrogens with two attached hydrogens (primary N) is 1. The van der Waals surface area contributed by atoms with Crippen LogP contribution in [0.1, 0.15) is 17.5 Å². The maximum absolute atomic E-state index is 6.34. The molecule has 1 aromatic heterocycles. The lowest BCUT2D eigenvalue weighted by Gasteiger charge is -2.14. The SMILES string of the molecule is Nn1c2cccc3ccc4c5c(cc1c4c32)C=CCC5. The van der Waals surface area contributed by atoms with Gasteiger partial charge in [-0.15, -0.1) is 0 Å². The highest BCUT2D eigenvalue weighted by Crippen LogP contribution is 2.40. The van der Waals surface area contributed by atoms with Gasteiger partial charge in [0, 0.05) is 10.8 Å². The van der Waals surface area contributed by atoms with E-state index in [1.165, 1.54) is 32.7 Å². The van der Waals surface area contributed by atoms with E-state index in [1.807, 2.05) is 4.68 Å². The van der Waals surface area contributed by atoms with Crippen molar-refractivity contribution < 1.29 is 0 Å². The molecule has 0 aliphatic heterocycles. The number of hydrogen-bond donors (Lipinski definition) is 1. The number of aromatic nitrogens is 1. The van der Waals surface area contributed by atoms with E-state index in [2.05, 4.69) is 48.6 Å². The first-order valence-electron chi connectivity index (χ1n) is 7.07. The average molecular weight is 258 g/mol. The molecule has 0 fully saturated rings. The molecule has 0 radical (unpaired) electrons. The molecule has 1 aliphatic carbocycles. The van der Waals surface area contributed by atoms with Crippen LogP contribution < -0.4 is 5.84 Å². The van der Waals surface area contributed by atoms with Gasteiger partial charge in [0.15, 0.2) is 0 Å². The van der Waals surface area contributed by atoms with E-state index < -0.39 is 0 Å². The monoisotopic (exact) mass is 258 g/mol. The van der Waals surface area contributed by atoms with Crippen molar-refractivity contribution in [1.82, 2.24) is 4.68 Å². The maximum Gasteiger partial charge on any atom is 0.0716 e. The first kappa shape index (κ1) is 10.3. The molecule has 1 aliphatic rings. The van der Waals surface area contributed by atoms with Crippen LogP contribution in [0.25, 0.3) is 38.7 Å². The third kappa shape index (κ3) is 1.06. The zero-order valence-corrected chi connectivity index (χ0v) is 11.1. The van der Waals surface area contributed by atoms with Gasteiger partial charge in [-0.1, -0.05) is 36.4 Å². The summed E-state index contributed by atoms with van der Waals surface area (Å²) < 4.78 is 1.84. The number of nitrogens with zero attached hydrogens (tertiary/aromatic N) is 1. The van der Waals surface area contributed by atoms with Gasteiger partial charge >= 0.3 is 0 Å². The molecule has 2 nitrogen and oxygen atoms in total. The van der Waals surface area contributed by atoms with Crippen molar-refractivity contribution >= 4 is 38.7 Å². The Kier molecular flexibility index (Phi) is 1.72. The van der Waals surface area contributed by atoms with Gasteiger partial charge in [0.05, 0.1) is 11.0 Å². The van der Waals surface area contributed by atoms with Crippen LogP contribution in [0.2, 0.25) is 0 Å². The van der Waals surface area contributed by atoms with Gasteiger partial charge in [0.25, 0.3) is 0 Å². The Morgan fingerprint density at radius 1 is 1.00 bits per heavy atom. The molecular weight excluding hydrogens is 244 g/mol. The second-order valence-corrected chi connectivity index (χ2v) is 5.64. The molecule has 0 atom stereocenters. The van der Waals surface area contributed by atoms with E-state index in [4.69, 9.17) is 5.84 Å². The summed E-state index contributed by atoms with van der Waals surface area (Å²) in [6, 6.07) is 13.1. The number of fused-ring (bicyclic) bond motifs is 2. The standard InChI is InChI=1S/C18H14N2/c19-20-15-7-3-5-11-8-9-14-13-6-2-1-4-12(13)10-16(20)18(14)17(11)15/h1,3-5,7-10H,2,6,19H2. The third-order valence-corrected chi connectivity index (χ3v) is 4.62. The van der Waals surface area contributed by atoms with Crippen molar-refractivity contribution in [3.63, 3.8) is 0 Å². The molecule has 0 bridgehead atoms. The molecule has 0 amide bonds. The smallest absolute Gasteiger partial charge is 0.0716 e. The van der Waals surface area contributed by atoms with Crippen LogP contribution in [-0.2, 0) is 6.42 Å². The number of benzene rings is 3. The van der Waals surface area contributed by atoms with E-state index >= 15 is 0 Å². The maximum atomic E-state index is 6.34. The minimum Gasteiger partial charge on any atom is -0.339 e. The van der Waals surface area contributed by atoms with Crippen molar-refractivity contribution in [2.45, 2.75) is 12.8 Å². The Morgan fingerprint density at radius 2 is 1.95 bits per heavy atom. The van der Waals surface area contributed by atoms with Crippen LogP contribution in [0.3, 0.4) is 0 Å². The lowest BCUT2D eigenvalue weighted by molar-refractivity contribution is 0.997. The molecule has 0 spiro atoms. The summed E-state index contributed by atoms with van der Waals surface area (Å²) in [5, 5.41) is 5.28. The largest absolute Gasteiger partial charge is 0.339 e. The summed E-state index contributed by atoms with van der Waals surface area (Å²) >= 11 is 0. The highest BCUT2D eigenvalue weighted by atomic mass is 15.3. The second-order valence-electron chi connectivity index (χ2n) is 5.64. The van der Waals surface area contributed by atoms with Crippen molar-refractivity contribution in [2.75, 3.05) is 5.84 Å². The fourth-order valence-electron chi connectivity index (χ4n) is 3.73. The van der Waals surface area contributed by atoms with E-state index in [0.717, 1.165) is 23.9 Å². The molecule has 4 aromatic rings. The van der Waals surface area contributed by atoms with E-state index in [0.29, 0.717) is 0 Å². The van der Waals surface area contributed by atoms with Gasteiger partial charge in [-0.3, -0.25) is 4.68 Å². The summed E-state index contributed by atoms with van der Waals surface area (Å²) in [5.41, 5.74) is 5.05. The van der Waals surface area contributed by atoms with Gasteiger partial charge in [-0.25, -0.2) is 0 Å². The Labute approximate surface area is 116 Å². The number of nitrogen functional groups attached to an aromatic ring is 1. The molecule has 5 rings (SSSR count). The van der Waals surface area contributed by atoms with Gasteiger partial charge in [-0.05, 0) is 46.9 Å². The summed E-state index contributed by atoms with van der Waals surface area (Å²) in [7, 11) is 0. The molecule has 0 saturated carbocycles. The molecule has 0 saturated heterocycles. The topological polar surface area (TPSA) is 30.9 Å². The molecular formula is C18H14N2. The Balaban J connectivity index is 2.17. The Morgan fingerprint density at radius 3 is 2.90 bits per heavy atom. The van der Waals surface area contributed by atoms with Crippen LogP contribution >= 0.6 is 0 Å². The number of rotatable bonds is 0. The molecule has 0 unspecified atom stereocenters. The van der Waals surface area contributed by atoms with E-state index in [1.54, 1.807) is 0 Å². The average Bonchev–Trinajstić information content (AvgIpc) is 2.79. The fraction of sp³-hybridized carbons (Fsp3) is 0.111. The molecule has 2 N–H and O–H groups in total. The van der Waals surface area contributed by atoms with Crippen LogP contribution in [0.5, 0.6) is 0 Å². The second kappa shape index (κ2) is 3.34. The molecule has 1 heterocycles. The summed E-state index contributed by atoms with van der Waals surface area (Å²) in [6.07, 6.45) is 6.74. The number of allylic oxidation sites excluding steroid dienone is 1. The minimum absolute atomic E-state index is 1.12. The summed E-state index contributed by atoms with van der Waals surface area (Å²) in [4.78, 5) is 0. The molecule has 2 heteroatoms. The van der Waals surface area contributed by atoms with Gasteiger partial charge in [-0.2, -0.15) is 0 Å². The number of hydrogen-bond acceptors (Lipinski definition) is 1. The third-order valence-electron chi connectivity index (χ3n) is 4.62. The van der Waals surface area contributed by atoms with Gasteiger partial charge in [0.1, 0.15) is 0 Å². The van der Waals surface area contributed by atoms with Crippen molar-refractivity contribution in [3.8, 4) is 0 Å². The first-order chi connectivity index (χ1) is 9.84. The highest BCUT2D eigenvalue weighted by molar-refractivity contribution is 6.24. The van der Waals surface area contributed by atoms with E-state index in [9.17, 15) is 0 Å². The van der Waals surface area contributed by atoms with Gasteiger partial charge in [0.2, 0.25) is 0 Å². The lowest BCUT2D eigenvalue weighted by Crippen LogP contribution is -2.07. The summed E-state index contributed by atoms with van der Waals surface area (Å²) in [5.74, 6) is 6.34.